The molecular weight excluding hydrogens is 387 g/mol. The maximum absolute atomic E-state index is 11.8. The van der Waals surface area contributed by atoms with Crippen molar-refractivity contribution in [3.63, 3.8) is 0 Å². The van der Waals surface area contributed by atoms with Crippen LogP contribution in [0.25, 0.3) is 0 Å². The van der Waals surface area contributed by atoms with Crippen LogP contribution in [0.15, 0.2) is 0 Å². The lowest BCUT2D eigenvalue weighted by Gasteiger charge is -2.46. The summed E-state index contributed by atoms with van der Waals surface area (Å²) in [7, 11) is -4.05. The molecule has 1 fully saturated rings. The predicted molar refractivity (Wildman–Crippen MR) is 89.5 cm³/mol. The number of hydrogen-bond donors (Lipinski definition) is 5. The Bertz CT molecular complexity index is 582. The highest BCUT2D eigenvalue weighted by Gasteiger charge is 2.58. The molecule has 12 heteroatoms. The first-order valence-corrected chi connectivity index (χ1v) is 9.98. The molecule has 158 valence electrons. The number of phosphoric acid groups is 1. The number of rotatable bonds is 10. The Labute approximate surface area is 156 Å². The number of phosphoric ester groups is 1. The number of Topliss-reactive ketones (excluding diaryl/α,β-unsaturated/α-hetero) is 1. The Balaban J connectivity index is 3.32. The summed E-state index contributed by atoms with van der Waals surface area (Å²) in [4.78, 5) is 33.1. The van der Waals surface area contributed by atoms with Gasteiger partial charge in [0.05, 0.1) is 18.3 Å². The van der Waals surface area contributed by atoms with E-state index in [4.69, 9.17) is 4.74 Å². The van der Waals surface area contributed by atoms with Crippen molar-refractivity contribution >= 4 is 19.6 Å². The first-order valence-electron chi connectivity index (χ1n) is 8.49. The number of hydrogen-bond acceptors (Lipinski definition) is 9. The molecule has 0 amide bonds. The number of carbonyl (C=O) groups excluding carboxylic acids is 1. The monoisotopic (exact) mass is 414 g/mol. The molecule has 1 aliphatic heterocycles. The van der Waals surface area contributed by atoms with Crippen molar-refractivity contribution in [2.45, 2.75) is 69.7 Å². The molecule has 0 aromatic carbocycles. The highest BCUT2D eigenvalue weighted by atomic mass is 31.2. The molecule has 1 aliphatic rings. The highest BCUT2D eigenvalue weighted by molar-refractivity contribution is 7.47. The molecule has 1 heterocycles. The van der Waals surface area contributed by atoms with Crippen molar-refractivity contribution in [2.75, 3.05) is 7.11 Å². The van der Waals surface area contributed by atoms with Crippen molar-refractivity contribution in [2.24, 2.45) is 5.92 Å². The van der Waals surface area contributed by atoms with Gasteiger partial charge in [-0.25, -0.2) is 13.9 Å². The molecular formula is C15H27O11P. The summed E-state index contributed by atoms with van der Waals surface area (Å²) < 4.78 is 26.0. The summed E-state index contributed by atoms with van der Waals surface area (Å²) in [6, 6.07) is 0. The van der Waals surface area contributed by atoms with E-state index in [0.717, 1.165) is 7.11 Å². The largest absolute Gasteiger partial charge is 0.477 e. The van der Waals surface area contributed by atoms with E-state index in [1.54, 1.807) is 13.8 Å². The fourth-order valence-electron chi connectivity index (χ4n) is 2.90. The fourth-order valence-corrected chi connectivity index (χ4v) is 3.55. The zero-order chi connectivity index (χ0) is 21.0. The van der Waals surface area contributed by atoms with Gasteiger partial charge in [-0.05, 0) is 6.42 Å². The highest BCUT2D eigenvalue weighted by Crippen LogP contribution is 2.51. The van der Waals surface area contributed by atoms with E-state index in [1.165, 1.54) is 0 Å². The number of aliphatic hydroxyl groups excluding tert-OH is 3. The molecule has 1 rings (SSSR count). The molecule has 11 nitrogen and oxygen atoms in total. The number of carbonyl (C=O) groups is 2. The summed E-state index contributed by atoms with van der Waals surface area (Å²) in [5.74, 6) is -5.98. The van der Waals surface area contributed by atoms with Crippen LogP contribution >= 0.6 is 7.82 Å². The van der Waals surface area contributed by atoms with Crippen LogP contribution < -0.4 is 0 Å². The molecule has 7 atom stereocenters. The topological polar surface area (TPSA) is 180 Å². The minimum atomic E-state index is -4.86. The van der Waals surface area contributed by atoms with Gasteiger partial charge in [-0.3, -0.25) is 9.32 Å². The molecule has 0 aromatic heterocycles. The van der Waals surface area contributed by atoms with E-state index in [1.807, 2.05) is 0 Å². The zero-order valence-corrected chi connectivity index (χ0v) is 16.2. The minimum Gasteiger partial charge on any atom is -0.477 e. The summed E-state index contributed by atoms with van der Waals surface area (Å²) in [5, 5.41) is 40.3. The molecule has 0 spiro atoms. The average molecular weight is 414 g/mol. The standard InChI is InChI=1S/C15H27O11P/c1-4-8(16)6-9-11(18)7-15(14(20)21,26-27(22,23)24-3)25-13(9)12(19)10(17)5-2/h9-13,17-19H,4-7H2,1-3H3,(H,20,21)(H,22,23)/t9?,10-,11?,12-,13?,15?/m1/s1. The Morgan fingerprint density at radius 1 is 1.33 bits per heavy atom. The van der Waals surface area contributed by atoms with Crippen LogP contribution in [0.5, 0.6) is 0 Å². The number of carboxylic acids is 1. The number of carboxylic acid groups (broad SMARTS) is 1. The quantitative estimate of drug-likeness (QED) is 0.299. The summed E-state index contributed by atoms with van der Waals surface area (Å²) in [6.07, 6.45) is -6.94. The lowest BCUT2D eigenvalue weighted by molar-refractivity contribution is -0.296. The van der Waals surface area contributed by atoms with Crippen LogP contribution in [-0.2, 0) is 27.9 Å². The molecule has 5 N–H and O–H groups in total. The van der Waals surface area contributed by atoms with E-state index in [9.17, 15) is 39.5 Å². The lowest BCUT2D eigenvalue weighted by atomic mass is 9.80. The normalized spacial score (nSPS) is 33.1. The van der Waals surface area contributed by atoms with E-state index in [2.05, 4.69) is 9.05 Å². The second-order valence-corrected chi connectivity index (χ2v) is 7.87. The van der Waals surface area contributed by atoms with Crippen LogP contribution in [0.3, 0.4) is 0 Å². The van der Waals surface area contributed by atoms with Crippen molar-refractivity contribution in [3.8, 4) is 0 Å². The third-order valence-corrected chi connectivity index (χ3v) is 5.53. The zero-order valence-electron chi connectivity index (χ0n) is 15.3. The van der Waals surface area contributed by atoms with Crippen molar-refractivity contribution in [1.82, 2.24) is 0 Å². The first-order chi connectivity index (χ1) is 12.4. The van der Waals surface area contributed by atoms with E-state index < -0.39 is 56.3 Å². The number of ether oxygens (including phenoxy) is 1. The Morgan fingerprint density at radius 2 is 1.93 bits per heavy atom. The van der Waals surface area contributed by atoms with Gasteiger partial charge in [0, 0.05) is 32.3 Å². The summed E-state index contributed by atoms with van der Waals surface area (Å²) >= 11 is 0. The SMILES string of the molecule is CCC(=O)CC1C(O)CC(OP(=O)(O)OC)(C(=O)O)OC1[C@H](O)[C@H](O)CC. The molecule has 1 saturated heterocycles. The van der Waals surface area contributed by atoms with E-state index in [-0.39, 0.29) is 25.0 Å². The molecule has 27 heavy (non-hydrogen) atoms. The minimum absolute atomic E-state index is 0.0725. The number of aliphatic carboxylic acids is 1. The lowest BCUT2D eigenvalue weighted by Crippen LogP contribution is -2.61. The van der Waals surface area contributed by atoms with Crippen molar-refractivity contribution < 1.29 is 53.3 Å². The molecule has 5 unspecified atom stereocenters. The second-order valence-electron chi connectivity index (χ2n) is 6.38. The third kappa shape index (κ3) is 5.78. The molecule has 0 saturated carbocycles. The van der Waals surface area contributed by atoms with Gasteiger partial charge < -0.3 is 30.1 Å². The maximum atomic E-state index is 11.8. The smallest absolute Gasteiger partial charge is 0.474 e. The van der Waals surface area contributed by atoms with Crippen LogP contribution in [0.1, 0.15) is 39.5 Å². The molecule has 0 aliphatic carbocycles. The third-order valence-electron chi connectivity index (χ3n) is 4.55. The van der Waals surface area contributed by atoms with Gasteiger partial charge in [0.25, 0.3) is 5.79 Å². The number of ketones is 1. The van der Waals surface area contributed by atoms with Crippen molar-refractivity contribution in [1.29, 1.82) is 0 Å². The summed E-state index contributed by atoms with van der Waals surface area (Å²) in [6.45, 7) is 3.14. The van der Waals surface area contributed by atoms with Gasteiger partial charge in [-0.2, -0.15) is 0 Å². The van der Waals surface area contributed by atoms with E-state index in [0.29, 0.717) is 0 Å². The predicted octanol–water partition coefficient (Wildman–Crippen LogP) is -0.202. The second kappa shape index (κ2) is 9.53. The summed E-state index contributed by atoms with van der Waals surface area (Å²) in [5.41, 5.74) is 0. The fraction of sp³-hybridized carbons (Fsp3) is 0.867. The Morgan fingerprint density at radius 3 is 2.37 bits per heavy atom. The maximum Gasteiger partial charge on any atom is 0.474 e. The van der Waals surface area contributed by atoms with Crippen LogP contribution in [0.4, 0.5) is 0 Å². The Hall–Kier alpha value is -0.910. The number of aliphatic hydroxyl groups is 3. The van der Waals surface area contributed by atoms with Crippen LogP contribution in [0, 0.1) is 5.92 Å². The van der Waals surface area contributed by atoms with Crippen LogP contribution in [0.2, 0.25) is 0 Å². The van der Waals surface area contributed by atoms with Crippen molar-refractivity contribution in [3.05, 3.63) is 0 Å². The van der Waals surface area contributed by atoms with E-state index >= 15 is 0 Å². The van der Waals surface area contributed by atoms with Crippen LogP contribution in [-0.4, -0.2) is 74.4 Å². The van der Waals surface area contributed by atoms with Gasteiger partial charge in [0.15, 0.2) is 0 Å². The molecule has 0 aromatic rings. The first kappa shape index (κ1) is 24.1. The van der Waals surface area contributed by atoms with Gasteiger partial charge in [-0.1, -0.05) is 13.8 Å². The van der Waals surface area contributed by atoms with Gasteiger partial charge >= 0.3 is 13.8 Å². The Kier molecular flexibility index (Phi) is 8.52. The van der Waals surface area contributed by atoms with Gasteiger partial charge in [0.2, 0.25) is 0 Å². The average Bonchev–Trinajstić information content (AvgIpc) is 2.61. The molecule has 0 bridgehead atoms. The van der Waals surface area contributed by atoms with Gasteiger partial charge in [0.1, 0.15) is 11.9 Å². The molecule has 0 radical (unpaired) electrons. The van der Waals surface area contributed by atoms with Gasteiger partial charge in [-0.15, -0.1) is 0 Å².